The molecule has 6 heteroatoms. The fourth-order valence-corrected chi connectivity index (χ4v) is 3.49. The zero-order valence-corrected chi connectivity index (χ0v) is 16.7. The first-order chi connectivity index (χ1) is 14.3. The molecule has 3 aromatic rings. The van der Waals surface area contributed by atoms with Crippen LogP contribution in [0.3, 0.4) is 0 Å². The van der Waals surface area contributed by atoms with Gasteiger partial charge in [-0.3, -0.25) is 14.4 Å². The van der Waals surface area contributed by atoms with Crippen LogP contribution in [-0.2, 0) is 0 Å². The van der Waals surface area contributed by atoms with Crippen LogP contribution in [0, 0.1) is 26.6 Å². The summed E-state index contributed by atoms with van der Waals surface area (Å²) in [7, 11) is 0. The van der Waals surface area contributed by atoms with Crippen molar-refractivity contribution in [2.45, 2.75) is 20.8 Å². The second kappa shape index (κ2) is 7.22. The predicted octanol–water partition coefficient (Wildman–Crippen LogP) is 4.80. The van der Waals surface area contributed by atoms with Gasteiger partial charge in [0, 0.05) is 5.56 Å². The number of nitrogens with one attached hydrogen (secondary N) is 1. The number of hydrogen-bond acceptors (Lipinski definition) is 3. The lowest BCUT2D eigenvalue weighted by molar-refractivity contribution is 0.0925. The van der Waals surface area contributed by atoms with Gasteiger partial charge < -0.3 is 5.32 Å². The Balaban J connectivity index is 1.67. The molecule has 0 radical (unpaired) electrons. The Kier molecular flexibility index (Phi) is 4.70. The zero-order valence-electron chi connectivity index (χ0n) is 16.7. The average Bonchev–Trinajstić information content (AvgIpc) is 2.96. The average molecular weight is 402 g/mol. The molecule has 0 atom stereocenters. The lowest BCUT2D eigenvalue weighted by Gasteiger charge is -2.17. The maximum atomic E-state index is 14.0. The van der Waals surface area contributed by atoms with E-state index in [2.05, 4.69) is 5.32 Å². The van der Waals surface area contributed by atoms with Gasteiger partial charge in [0.15, 0.2) is 0 Å². The monoisotopic (exact) mass is 402 g/mol. The summed E-state index contributed by atoms with van der Waals surface area (Å²) in [6.45, 7) is 5.50. The Morgan fingerprint density at radius 1 is 0.833 bits per heavy atom. The molecule has 0 unspecified atom stereocenters. The Bertz CT molecular complexity index is 1230. The minimum atomic E-state index is -0.562. The van der Waals surface area contributed by atoms with E-state index in [1.165, 1.54) is 30.3 Å². The number of nitrogens with zero attached hydrogens (tertiary/aromatic N) is 1. The largest absolute Gasteiger partial charge is 0.319 e. The molecule has 0 bridgehead atoms. The molecule has 3 aromatic carbocycles. The quantitative estimate of drug-likeness (QED) is 0.640. The van der Waals surface area contributed by atoms with Crippen LogP contribution in [0.4, 0.5) is 15.8 Å². The molecule has 5 nitrogen and oxygen atoms in total. The van der Waals surface area contributed by atoms with Gasteiger partial charge in [-0.05, 0) is 73.9 Å². The number of fused-ring (bicyclic) bond motifs is 1. The molecule has 0 fully saturated rings. The molecule has 4 rings (SSSR count). The van der Waals surface area contributed by atoms with Crippen molar-refractivity contribution in [1.29, 1.82) is 0 Å². The fourth-order valence-electron chi connectivity index (χ4n) is 3.49. The van der Waals surface area contributed by atoms with Gasteiger partial charge in [0.1, 0.15) is 5.82 Å². The third-order valence-electron chi connectivity index (χ3n) is 5.12. The molecular weight excluding hydrogens is 383 g/mol. The van der Waals surface area contributed by atoms with Crippen molar-refractivity contribution >= 4 is 29.1 Å². The highest BCUT2D eigenvalue weighted by atomic mass is 19.1. The van der Waals surface area contributed by atoms with Gasteiger partial charge in [0.05, 0.1) is 22.5 Å². The number of amides is 3. The highest BCUT2D eigenvalue weighted by molar-refractivity contribution is 6.35. The highest BCUT2D eigenvalue weighted by Crippen LogP contribution is 2.32. The van der Waals surface area contributed by atoms with E-state index in [0.29, 0.717) is 5.69 Å². The van der Waals surface area contributed by atoms with E-state index in [4.69, 9.17) is 0 Å². The summed E-state index contributed by atoms with van der Waals surface area (Å²) in [5.74, 6) is -2.03. The maximum Gasteiger partial charge on any atom is 0.266 e. The summed E-state index contributed by atoms with van der Waals surface area (Å²) in [5, 5.41) is 2.52. The standard InChI is InChI=1S/C24H19FN2O3/c1-13-5-9-19(25)20(10-13)26-22(28)16-7-8-17-18(12-16)24(30)27(23(17)29)21-11-14(2)4-6-15(21)3/h4-12H,1-3H3,(H,26,28). The SMILES string of the molecule is Cc1ccc(F)c(NC(=O)c2ccc3c(c2)C(=O)N(c2cc(C)ccc2C)C3=O)c1. The van der Waals surface area contributed by atoms with Crippen LogP contribution in [0.5, 0.6) is 0 Å². The summed E-state index contributed by atoms with van der Waals surface area (Å²) >= 11 is 0. The van der Waals surface area contributed by atoms with Crippen molar-refractivity contribution < 1.29 is 18.8 Å². The summed E-state index contributed by atoms with van der Waals surface area (Å²) in [5.41, 5.74) is 3.64. The normalized spacial score (nSPS) is 12.9. The first-order valence-electron chi connectivity index (χ1n) is 9.44. The minimum absolute atomic E-state index is 0.0555. The molecule has 0 saturated carbocycles. The van der Waals surface area contributed by atoms with E-state index >= 15 is 0 Å². The van der Waals surface area contributed by atoms with E-state index in [-0.39, 0.29) is 22.4 Å². The van der Waals surface area contributed by atoms with E-state index in [9.17, 15) is 18.8 Å². The van der Waals surface area contributed by atoms with Crippen LogP contribution in [0.15, 0.2) is 54.6 Å². The van der Waals surface area contributed by atoms with E-state index < -0.39 is 23.5 Å². The second-order valence-corrected chi connectivity index (χ2v) is 7.43. The molecule has 1 N–H and O–H groups in total. The molecule has 0 aromatic heterocycles. The number of carbonyl (C=O) groups is 3. The fraction of sp³-hybridized carbons (Fsp3) is 0.125. The first-order valence-corrected chi connectivity index (χ1v) is 9.44. The van der Waals surface area contributed by atoms with Crippen molar-refractivity contribution in [2.75, 3.05) is 10.2 Å². The summed E-state index contributed by atoms with van der Waals surface area (Å²) in [6.07, 6.45) is 0. The molecule has 30 heavy (non-hydrogen) atoms. The minimum Gasteiger partial charge on any atom is -0.319 e. The van der Waals surface area contributed by atoms with Crippen molar-refractivity contribution in [3.05, 3.63) is 93.8 Å². The third kappa shape index (κ3) is 3.26. The Labute approximate surface area is 173 Å². The van der Waals surface area contributed by atoms with Crippen LogP contribution >= 0.6 is 0 Å². The number of halogens is 1. The highest BCUT2D eigenvalue weighted by Gasteiger charge is 2.37. The van der Waals surface area contributed by atoms with Gasteiger partial charge in [-0.1, -0.05) is 18.2 Å². The Morgan fingerprint density at radius 3 is 2.27 bits per heavy atom. The number of hydrogen-bond donors (Lipinski definition) is 1. The number of anilines is 2. The summed E-state index contributed by atoms with van der Waals surface area (Å²) in [4.78, 5) is 39.7. The molecule has 1 heterocycles. The van der Waals surface area contributed by atoms with Gasteiger partial charge in [-0.25, -0.2) is 9.29 Å². The lowest BCUT2D eigenvalue weighted by Crippen LogP contribution is -2.30. The third-order valence-corrected chi connectivity index (χ3v) is 5.12. The van der Waals surface area contributed by atoms with E-state index in [1.807, 2.05) is 26.0 Å². The molecule has 0 aliphatic carbocycles. The number of aryl methyl sites for hydroxylation is 3. The molecule has 1 aliphatic rings. The van der Waals surface area contributed by atoms with Crippen molar-refractivity contribution in [1.82, 2.24) is 0 Å². The van der Waals surface area contributed by atoms with Crippen LogP contribution < -0.4 is 10.2 Å². The van der Waals surface area contributed by atoms with E-state index in [0.717, 1.165) is 21.6 Å². The number of benzene rings is 3. The molecule has 1 aliphatic heterocycles. The van der Waals surface area contributed by atoms with Gasteiger partial charge >= 0.3 is 0 Å². The van der Waals surface area contributed by atoms with Gasteiger partial charge in [-0.2, -0.15) is 0 Å². The number of carbonyl (C=O) groups excluding carboxylic acids is 3. The maximum absolute atomic E-state index is 14.0. The smallest absolute Gasteiger partial charge is 0.266 e. The molecule has 0 spiro atoms. The summed E-state index contributed by atoms with van der Waals surface area (Å²) in [6, 6.07) is 14.2. The van der Waals surface area contributed by atoms with Crippen LogP contribution in [0.2, 0.25) is 0 Å². The molecule has 3 amide bonds. The zero-order chi connectivity index (χ0) is 21.6. The van der Waals surface area contributed by atoms with Crippen LogP contribution in [0.25, 0.3) is 0 Å². The van der Waals surface area contributed by atoms with Gasteiger partial charge in [0.2, 0.25) is 0 Å². The van der Waals surface area contributed by atoms with Gasteiger partial charge in [0.25, 0.3) is 17.7 Å². The second-order valence-electron chi connectivity index (χ2n) is 7.43. The van der Waals surface area contributed by atoms with Crippen molar-refractivity contribution in [3.8, 4) is 0 Å². The first kappa shape index (κ1) is 19.5. The molecular formula is C24H19FN2O3. The number of rotatable bonds is 3. The molecule has 150 valence electrons. The number of imide groups is 1. The Morgan fingerprint density at radius 2 is 1.50 bits per heavy atom. The Hall–Kier alpha value is -3.80. The van der Waals surface area contributed by atoms with E-state index in [1.54, 1.807) is 19.1 Å². The predicted molar refractivity (Wildman–Crippen MR) is 113 cm³/mol. The van der Waals surface area contributed by atoms with Crippen molar-refractivity contribution in [2.24, 2.45) is 0 Å². The van der Waals surface area contributed by atoms with Crippen LogP contribution in [0.1, 0.15) is 47.8 Å². The van der Waals surface area contributed by atoms with Crippen molar-refractivity contribution in [3.63, 3.8) is 0 Å². The summed E-state index contributed by atoms with van der Waals surface area (Å²) < 4.78 is 14.0. The molecule has 0 saturated heterocycles. The lowest BCUT2D eigenvalue weighted by atomic mass is 10.1. The van der Waals surface area contributed by atoms with Gasteiger partial charge in [-0.15, -0.1) is 0 Å². The topological polar surface area (TPSA) is 66.5 Å². The van der Waals surface area contributed by atoms with Crippen LogP contribution in [-0.4, -0.2) is 17.7 Å².